The molecule has 106 valence electrons. The number of rotatable bonds is 3. The minimum absolute atomic E-state index is 0.179. The van der Waals surface area contributed by atoms with Crippen LogP contribution in [0.4, 0.5) is 5.69 Å². The molecule has 2 rings (SSSR count). The van der Waals surface area contributed by atoms with E-state index in [4.69, 9.17) is 0 Å². The summed E-state index contributed by atoms with van der Waals surface area (Å²) in [6.07, 6.45) is 2.19. The van der Waals surface area contributed by atoms with Gasteiger partial charge in [0.15, 0.2) is 0 Å². The fraction of sp³-hybridized carbons (Fsp3) is 0.588. The summed E-state index contributed by atoms with van der Waals surface area (Å²) in [4.78, 5) is 2.52. The first-order valence-electron chi connectivity index (χ1n) is 7.39. The molecule has 1 aromatic carbocycles. The Morgan fingerprint density at radius 2 is 1.68 bits per heavy atom. The van der Waals surface area contributed by atoms with Crippen LogP contribution in [0, 0.1) is 6.67 Å². The Bertz CT molecular complexity index is 438. The molecule has 1 fully saturated rings. The predicted octanol–water partition coefficient (Wildman–Crippen LogP) is 3.61. The standard InChI is InChI=1S/C17H28N2/c1-7-14-10-9-11-15(8-2)16(14)18-13-19(5,6)12-17(18,3)4/h9-11,13H,7-8,12H2,1-6H3. The van der Waals surface area contributed by atoms with E-state index in [0.717, 1.165) is 23.9 Å². The SMILES string of the molecule is CCc1cccc(CC)c1N1[CH-][N+](C)(C)CC1(C)C. The molecule has 0 N–H and O–H groups in total. The number of nitrogens with zero attached hydrogens (tertiary/aromatic N) is 2. The van der Waals surface area contributed by atoms with Crippen LogP contribution in [0.1, 0.15) is 38.8 Å². The van der Waals surface area contributed by atoms with Gasteiger partial charge in [-0.25, -0.2) is 0 Å². The molecule has 19 heavy (non-hydrogen) atoms. The lowest BCUT2D eigenvalue weighted by Gasteiger charge is -2.40. The van der Waals surface area contributed by atoms with Gasteiger partial charge in [-0.2, -0.15) is 0 Å². The van der Waals surface area contributed by atoms with Crippen LogP contribution in [0.5, 0.6) is 0 Å². The Kier molecular flexibility index (Phi) is 3.65. The molecule has 0 aliphatic carbocycles. The summed E-state index contributed by atoms with van der Waals surface area (Å²) < 4.78 is 0.953. The maximum atomic E-state index is 2.52. The first-order chi connectivity index (χ1) is 8.80. The van der Waals surface area contributed by atoms with Gasteiger partial charge in [-0.05, 0) is 44.5 Å². The first-order valence-corrected chi connectivity index (χ1v) is 7.39. The summed E-state index contributed by atoms with van der Waals surface area (Å²) in [7, 11) is 4.56. The second kappa shape index (κ2) is 4.82. The van der Waals surface area contributed by atoms with Crippen molar-refractivity contribution in [2.75, 3.05) is 25.5 Å². The molecule has 0 unspecified atom stereocenters. The van der Waals surface area contributed by atoms with Crippen molar-refractivity contribution in [3.05, 3.63) is 36.0 Å². The largest absolute Gasteiger partial charge is 0.460 e. The number of quaternary nitrogens is 1. The molecule has 0 aromatic heterocycles. The molecule has 0 bridgehead atoms. The van der Waals surface area contributed by atoms with Crippen LogP contribution in [-0.4, -0.2) is 30.7 Å². The Morgan fingerprint density at radius 3 is 2.05 bits per heavy atom. The average Bonchev–Trinajstić information content (AvgIpc) is 2.55. The zero-order valence-electron chi connectivity index (χ0n) is 13.3. The second-order valence-corrected chi connectivity index (χ2v) is 6.87. The van der Waals surface area contributed by atoms with Crippen molar-refractivity contribution < 1.29 is 4.48 Å². The van der Waals surface area contributed by atoms with E-state index < -0.39 is 0 Å². The first kappa shape index (κ1) is 14.4. The quantitative estimate of drug-likeness (QED) is 0.593. The van der Waals surface area contributed by atoms with Gasteiger partial charge >= 0.3 is 0 Å². The van der Waals surface area contributed by atoms with Gasteiger partial charge in [0.05, 0.1) is 12.1 Å². The molecule has 0 spiro atoms. The average molecular weight is 260 g/mol. The highest BCUT2D eigenvalue weighted by Crippen LogP contribution is 2.39. The summed E-state index contributed by atoms with van der Waals surface area (Å²) in [5, 5.41) is 0. The molecule has 1 aromatic rings. The zero-order valence-corrected chi connectivity index (χ0v) is 13.3. The minimum Gasteiger partial charge on any atom is -0.460 e. The van der Waals surface area contributed by atoms with E-state index in [0.29, 0.717) is 0 Å². The van der Waals surface area contributed by atoms with E-state index in [-0.39, 0.29) is 5.54 Å². The fourth-order valence-corrected chi connectivity index (χ4v) is 3.47. The van der Waals surface area contributed by atoms with Crippen molar-refractivity contribution in [1.29, 1.82) is 0 Å². The van der Waals surface area contributed by atoms with Crippen molar-refractivity contribution in [2.24, 2.45) is 0 Å². The smallest absolute Gasteiger partial charge is 0.0763 e. The maximum Gasteiger partial charge on any atom is 0.0763 e. The van der Waals surface area contributed by atoms with Gasteiger partial charge in [0.2, 0.25) is 0 Å². The molecule has 2 nitrogen and oxygen atoms in total. The van der Waals surface area contributed by atoms with Gasteiger partial charge in [-0.15, -0.1) is 0 Å². The predicted molar refractivity (Wildman–Crippen MR) is 83.0 cm³/mol. The van der Waals surface area contributed by atoms with Crippen molar-refractivity contribution in [2.45, 2.75) is 46.1 Å². The molecule has 2 heteroatoms. The van der Waals surface area contributed by atoms with E-state index in [1.54, 1.807) is 0 Å². The highest BCUT2D eigenvalue weighted by Gasteiger charge is 2.37. The molecular weight excluding hydrogens is 232 g/mol. The monoisotopic (exact) mass is 260 g/mol. The Morgan fingerprint density at radius 1 is 1.16 bits per heavy atom. The summed E-state index contributed by atoms with van der Waals surface area (Å²) in [6, 6.07) is 6.75. The van der Waals surface area contributed by atoms with Gasteiger partial charge in [-0.3, -0.25) is 0 Å². The third-order valence-electron chi connectivity index (χ3n) is 4.08. The summed E-state index contributed by atoms with van der Waals surface area (Å²) >= 11 is 0. The minimum atomic E-state index is 0.179. The molecule has 0 saturated carbocycles. The molecule has 1 saturated heterocycles. The molecule has 1 heterocycles. The van der Waals surface area contributed by atoms with Crippen LogP contribution in [0.15, 0.2) is 18.2 Å². The van der Waals surface area contributed by atoms with Crippen LogP contribution in [0.25, 0.3) is 0 Å². The summed E-state index contributed by atoms with van der Waals surface area (Å²) in [6.45, 7) is 12.7. The number of anilines is 1. The van der Waals surface area contributed by atoms with Crippen LogP contribution in [0.2, 0.25) is 0 Å². The number of para-hydroxylation sites is 1. The van der Waals surface area contributed by atoms with Crippen LogP contribution < -0.4 is 4.90 Å². The Hall–Kier alpha value is -1.02. The highest BCUT2D eigenvalue weighted by molar-refractivity contribution is 5.63. The Labute approximate surface area is 118 Å². The third kappa shape index (κ3) is 2.64. The van der Waals surface area contributed by atoms with Gasteiger partial charge in [0.1, 0.15) is 0 Å². The van der Waals surface area contributed by atoms with Crippen LogP contribution in [-0.2, 0) is 12.8 Å². The normalized spacial score (nSPS) is 20.8. The van der Waals surface area contributed by atoms with E-state index in [9.17, 15) is 0 Å². The van der Waals surface area contributed by atoms with Crippen molar-refractivity contribution >= 4 is 5.69 Å². The van der Waals surface area contributed by atoms with Gasteiger partial charge in [-0.1, -0.05) is 32.0 Å². The molecular formula is C17H28N2. The fourth-order valence-electron chi connectivity index (χ4n) is 3.47. The zero-order chi connectivity index (χ0) is 14.3. The highest BCUT2D eigenvalue weighted by atomic mass is 15.5. The summed E-state index contributed by atoms with van der Waals surface area (Å²) in [5.74, 6) is 0. The molecule has 0 amide bonds. The Balaban J connectivity index is 2.52. The van der Waals surface area contributed by atoms with Gasteiger partial charge < -0.3 is 9.38 Å². The lowest BCUT2D eigenvalue weighted by molar-refractivity contribution is -0.851. The number of hydrogen-bond acceptors (Lipinski definition) is 1. The van der Waals surface area contributed by atoms with Crippen LogP contribution >= 0.6 is 0 Å². The third-order valence-corrected chi connectivity index (χ3v) is 4.08. The van der Waals surface area contributed by atoms with E-state index in [1.807, 2.05) is 0 Å². The van der Waals surface area contributed by atoms with Gasteiger partial charge in [0, 0.05) is 19.8 Å². The molecule has 1 aliphatic heterocycles. The van der Waals surface area contributed by atoms with E-state index in [1.165, 1.54) is 16.8 Å². The van der Waals surface area contributed by atoms with Crippen molar-refractivity contribution in [3.63, 3.8) is 0 Å². The maximum absolute atomic E-state index is 2.52. The van der Waals surface area contributed by atoms with Crippen LogP contribution in [0.3, 0.4) is 0 Å². The van der Waals surface area contributed by atoms with Crippen molar-refractivity contribution in [1.82, 2.24) is 0 Å². The molecule has 1 aliphatic rings. The van der Waals surface area contributed by atoms with E-state index in [2.05, 4.69) is 71.6 Å². The van der Waals surface area contributed by atoms with E-state index >= 15 is 0 Å². The lowest BCUT2D eigenvalue weighted by atomic mass is 9.97. The van der Waals surface area contributed by atoms with Gasteiger partial charge in [0.25, 0.3) is 0 Å². The molecule has 0 radical (unpaired) electrons. The molecule has 0 atom stereocenters. The topological polar surface area (TPSA) is 3.24 Å². The number of aryl methyl sites for hydroxylation is 2. The summed E-state index contributed by atoms with van der Waals surface area (Å²) in [5.41, 5.74) is 4.55. The van der Waals surface area contributed by atoms with Crippen molar-refractivity contribution in [3.8, 4) is 0 Å². The number of benzene rings is 1. The second-order valence-electron chi connectivity index (χ2n) is 6.87. The number of hydrogen-bond donors (Lipinski definition) is 0. The number of likely N-dealkylation sites (N-methyl/N-ethyl adjacent to an activating group) is 1. The lowest BCUT2D eigenvalue weighted by Crippen LogP contribution is -2.41.